The van der Waals surface area contributed by atoms with Gasteiger partial charge in [0.15, 0.2) is 0 Å². The van der Waals surface area contributed by atoms with Gasteiger partial charge in [-0.2, -0.15) is 0 Å². The van der Waals surface area contributed by atoms with Crippen LogP contribution in [-0.2, 0) is 0 Å². The third-order valence-corrected chi connectivity index (χ3v) is 4.47. The highest BCUT2D eigenvalue weighted by atomic mass is 19.1. The quantitative estimate of drug-likeness (QED) is 0.365. The van der Waals surface area contributed by atoms with Crippen LogP contribution in [-0.4, -0.2) is 0 Å². The number of benzene rings is 4. The summed E-state index contributed by atoms with van der Waals surface area (Å²) in [7, 11) is 0. The maximum atomic E-state index is 13.3. The van der Waals surface area contributed by atoms with Crippen molar-refractivity contribution in [3.63, 3.8) is 0 Å². The van der Waals surface area contributed by atoms with Gasteiger partial charge in [0, 0.05) is 0 Å². The smallest absolute Gasteiger partial charge is 0.123 e. The summed E-state index contributed by atoms with van der Waals surface area (Å²) in [5, 5.41) is 0. The van der Waals surface area contributed by atoms with E-state index in [4.69, 9.17) is 0 Å². The predicted octanol–water partition coefficient (Wildman–Crippen LogP) is 7.10. The summed E-state index contributed by atoms with van der Waals surface area (Å²) in [4.78, 5) is 0. The molecule has 27 heavy (non-hydrogen) atoms. The molecule has 0 aromatic heterocycles. The first-order valence-electron chi connectivity index (χ1n) is 8.51. The van der Waals surface area contributed by atoms with Crippen molar-refractivity contribution in [2.75, 3.05) is 0 Å². The summed E-state index contributed by atoms with van der Waals surface area (Å²) in [6.45, 7) is 0. The Morgan fingerprint density at radius 2 is 0.519 bits per heavy atom. The van der Waals surface area contributed by atoms with Crippen molar-refractivity contribution in [3.05, 3.63) is 108 Å². The standard InChI is InChI=1S/C24H15F3/c25-22-7-1-16(2-8-22)19-13-20(17-3-9-23(26)10-4-17)15-21(14-19)18-5-11-24(27)12-6-18/h1-15H. The summed E-state index contributed by atoms with van der Waals surface area (Å²) in [6, 6.07) is 24.7. The van der Waals surface area contributed by atoms with Crippen LogP contribution < -0.4 is 0 Å². The van der Waals surface area contributed by atoms with Gasteiger partial charge in [0.05, 0.1) is 0 Å². The maximum absolute atomic E-state index is 13.3. The van der Waals surface area contributed by atoms with Crippen LogP contribution in [0.5, 0.6) is 0 Å². The van der Waals surface area contributed by atoms with Crippen LogP contribution in [0.3, 0.4) is 0 Å². The van der Waals surface area contributed by atoms with Crippen molar-refractivity contribution in [2.45, 2.75) is 0 Å². The largest absolute Gasteiger partial charge is 0.207 e. The van der Waals surface area contributed by atoms with Crippen molar-refractivity contribution < 1.29 is 13.2 Å². The van der Waals surface area contributed by atoms with Crippen LogP contribution in [0.25, 0.3) is 33.4 Å². The van der Waals surface area contributed by atoms with Gasteiger partial charge < -0.3 is 0 Å². The van der Waals surface area contributed by atoms with Gasteiger partial charge in [0.1, 0.15) is 17.5 Å². The maximum Gasteiger partial charge on any atom is 0.123 e. The molecule has 0 N–H and O–H groups in total. The molecule has 0 fully saturated rings. The van der Waals surface area contributed by atoms with E-state index in [1.54, 1.807) is 36.4 Å². The topological polar surface area (TPSA) is 0 Å². The first kappa shape index (κ1) is 17.1. The molecule has 0 unspecified atom stereocenters. The van der Waals surface area contributed by atoms with E-state index in [9.17, 15) is 13.2 Å². The van der Waals surface area contributed by atoms with Crippen molar-refractivity contribution in [1.82, 2.24) is 0 Å². The highest BCUT2D eigenvalue weighted by Gasteiger charge is 2.08. The molecule has 4 rings (SSSR count). The fraction of sp³-hybridized carbons (Fsp3) is 0. The molecule has 4 aromatic rings. The normalized spacial score (nSPS) is 10.8. The van der Waals surface area contributed by atoms with Crippen LogP contribution in [0.15, 0.2) is 91.0 Å². The lowest BCUT2D eigenvalue weighted by molar-refractivity contribution is 0.627. The van der Waals surface area contributed by atoms with E-state index in [2.05, 4.69) is 0 Å². The van der Waals surface area contributed by atoms with Gasteiger partial charge >= 0.3 is 0 Å². The third-order valence-electron chi connectivity index (χ3n) is 4.47. The molecular weight excluding hydrogens is 345 g/mol. The van der Waals surface area contributed by atoms with Crippen LogP contribution in [0.4, 0.5) is 13.2 Å². The van der Waals surface area contributed by atoms with E-state index in [1.807, 2.05) is 18.2 Å². The second-order valence-electron chi connectivity index (χ2n) is 6.32. The van der Waals surface area contributed by atoms with E-state index < -0.39 is 0 Å². The van der Waals surface area contributed by atoms with Gasteiger partial charge in [-0.3, -0.25) is 0 Å². The van der Waals surface area contributed by atoms with E-state index >= 15 is 0 Å². The molecule has 0 aliphatic carbocycles. The summed E-state index contributed by atoms with van der Waals surface area (Å²) >= 11 is 0. The Kier molecular flexibility index (Phi) is 4.51. The molecule has 0 aliphatic heterocycles. The summed E-state index contributed by atoms with van der Waals surface area (Å²) in [5.41, 5.74) is 5.29. The molecule has 0 nitrogen and oxygen atoms in total. The average Bonchev–Trinajstić information content (AvgIpc) is 2.69. The summed E-state index contributed by atoms with van der Waals surface area (Å²) < 4.78 is 39.9. The van der Waals surface area contributed by atoms with Crippen molar-refractivity contribution in [2.24, 2.45) is 0 Å². The fourth-order valence-electron chi connectivity index (χ4n) is 3.05. The second kappa shape index (κ2) is 7.12. The molecule has 0 bridgehead atoms. The Balaban J connectivity index is 1.89. The monoisotopic (exact) mass is 360 g/mol. The lowest BCUT2D eigenvalue weighted by atomic mass is 9.93. The van der Waals surface area contributed by atoms with Gasteiger partial charge in [0.25, 0.3) is 0 Å². The molecule has 0 saturated heterocycles. The lowest BCUT2D eigenvalue weighted by Crippen LogP contribution is -1.87. The summed E-state index contributed by atoms with van der Waals surface area (Å²) in [5.74, 6) is -0.897. The zero-order chi connectivity index (χ0) is 18.8. The Morgan fingerprint density at radius 1 is 0.296 bits per heavy atom. The Hall–Kier alpha value is -3.33. The van der Waals surface area contributed by atoms with Gasteiger partial charge in [-0.05, 0) is 88.0 Å². The Morgan fingerprint density at radius 3 is 0.741 bits per heavy atom. The zero-order valence-corrected chi connectivity index (χ0v) is 14.3. The van der Waals surface area contributed by atoms with Crippen molar-refractivity contribution in [3.8, 4) is 33.4 Å². The minimum Gasteiger partial charge on any atom is -0.207 e. The molecule has 3 heteroatoms. The molecule has 0 radical (unpaired) electrons. The minimum atomic E-state index is -0.299. The van der Waals surface area contributed by atoms with E-state index in [1.165, 1.54) is 36.4 Å². The Bertz CT molecular complexity index is 910. The van der Waals surface area contributed by atoms with E-state index in [-0.39, 0.29) is 17.5 Å². The molecule has 0 aliphatic rings. The molecule has 0 amide bonds. The van der Waals surface area contributed by atoms with Crippen LogP contribution in [0, 0.1) is 17.5 Å². The molecule has 0 saturated carbocycles. The van der Waals surface area contributed by atoms with Gasteiger partial charge in [-0.1, -0.05) is 36.4 Å². The predicted molar refractivity (Wildman–Crippen MR) is 103 cm³/mol. The fourth-order valence-corrected chi connectivity index (χ4v) is 3.05. The SMILES string of the molecule is Fc1ccc(-c2cc(-c3ccc(F)cc3)cc(-c3ccc(F)cc3)c2)cc1. The number of hydrogen-bond acceptors (Lipinski definition) is 0. The molecule has 4 aromatic carbocycles. The van der Waals surface area contributed by atoms with E-state index in [0.29, 0.717) is 0 Å². The molecule has 132 valence electrons. The molecule has 0 heterocycles. The number of halogens is 3. The molecule has 0 atom stereocenters. The van der Waals surface area contributed by atoms with Crippen LogP contribution >= 0.6 is 0 Å². The first-order chi connectivity index (χ1) is 13.1. The van der Waals surface area contributed by atoms with Gasteiger partial charge in [0.2, 0.25) is 0 Å². The van der Waals surface area contributed by atoms with Crippen molar-refractivity contribution >= 4 is 0 Å². The highest BCUT2D eigenvalue weighted by molar-refractivity contribution is 5.81. The number of rotatable bonds is 3. The Labute approximate surface area is 155 Å². The second-order valence-corrected chi connectivity index (χ2v) is 6.32. The zero-order valence-electron chi connectivity index (χ0n) is 14.3. The molecular formula is C24H15F3. The third kappa shape index (κ3) is 3.77. The lowest BCUT2D eigenvalue weighted by Gasteiger charge is -2.11. The first-order valence-corrected chi connectivity index (χ1v) is 8.51. The molecule has 0 spiro atoms. The van der Waals surface area contributed by atoms with E-state index in [0.717, 1.165) is 33.4 Å². The average molecular weight is 360 g/mol. The van der Waals surface area contributed by atoms with Crippen LogP contribution in [0.1, 0.15) is 0 Å². The summed E-state index contributed by atoms with van der Waals surface area (Å²) in [6.07, 6.45) is 0. The van der Waals surface area contributed by atoms with Gasteiger partial charge in [-0.25, -0.2) is 13.2 Å². The van der Waals surface area contributed by atoms with Crippen LogP contribution in [0.2, 0.25) is 0 Å². The van der Waals surface area contributed by atoms with Gasteiger partial charge in [-0.15, -0.1) is 0 Å². The number of hydrogen-bond donors (Lipinski definition) is 0. The van der Waals surface area contributed by atoms with Crippen molar-refractivity contribution in [1.29, 1.82) is 0 Å². The minimum absolute atomic E-state index is 0.299. The highest BCUT2D eigenvalue weighted by Crippen LogP contribution is 2.33.